The van der Waals surface area contributed by atoms with Gasteiger partial charge in [0, 0.05) is 6.07 Å². The van der Waals surface area contributed by atoms with E-state index in [1.54, 1.807) is 6.07 Å². The Morgan fingerprint density at radius 1 is 1.57 bits per heavy atom. The van der Waals surface area contributed by atoms with Crippen molar-refractivity contribution >= 4 is 15.9 Å². The van der Waals surface area contributed by atoms with Gasteiger partial charge in [0.1, 0.15) is 11.6 Å². The highest BCUT2D eigenvalue weighted by molar-refractivity contribution is 9.10. The second-order valence-corrected chi connectivity index (χ2v) is 4.00. The smallest absolute Gasteiger partial charge is 0.141 e. The molecule has 1 rings (SSSR count). The molecule has 1 atom stereocenters. The Bertz CT molecular complexity index is 330. The lowest BCUT2D eigenvalue weighted by molar-refractivity contribution is 0.403. The molecule has 2 N–H and O–H groups in total. The van der Waals surface area contributed by atoms with Crippen LogP contribution in [0.5, 0.6) is 5.75 Å². The molecule has 78 valence electrons. The molecule has 0 aliphatic rings. The summed E-state index contributed by atoms with van der Waals surface area (Å²) < 4.78 is 18.7. The molecule has 4 heteroatoms. The van der Waals surface area contributed by atoms with Gasteiger partial charge in [-0.2, -0.15) is 0 Å². The molecule has 0 fully saturated rings. The molecule has 1 unspecified atom stereocenters. The summed E-state index contributed by atoms with van der Waals surface area (Å²) in [6.45, 7) is 2.48. The van der Waals surface area contributed by atoms with E-state index in [1.807, 2.05) is 6.92 Å². The molecule has 1 aromatic rings. The van der Waals surface area contributed by atoms with Crippen molar-refractivity contribution in [3.63, 3.8) is 0 Å². The zero-order chi connectivity index (χ0) is 10.7. The molecule has 0 aliphatic carbocycles. The number of ether oxygens (including phenoxy) is 1. The van der Waals surface area contributed by atoms with Crippen LogP contribution in [0.15, 0.2) is 16.6 Å². The van der Waals surface area contributed by atoms with Crippen LogP contribution in [0.25, 0.3) is 0 Å². The third kappa shape index (κ3) is 2.25. The Morgan fingerprint density at radius 2 is 2.21 bits per heavy atom. The second-order valence-electron chi connectivity index (χ2n) is 3.15. The van der Waals surface area contributed by atoms with Crippen molar-refractivity contribution in [3.05, 3.63) is 28.0 Å². The van der Waals surface area contributed by atoms with E-state index in [1.165, 1.54) is 13.2 Å². The summed E-state index contributed by atoms with van der Waals surface area (Å²) in [7, 11) is 1.52. The van der Waals surface area contributed by atoms with Gasteiger partial charge in [0.15, 0.2) is 0 Å². The number of halogens is 2. The zero-order valence-electron chi connectivity index (χ0n) is 8.18. The van der Waals surface area contributed by atoms with Gasteiger partial charge in [-0.15, -0.1) is 0 Å². The summed E-state index contributed by atoms with van der Waals surface area (Å²) in [5, 5.41) is 0. The number of rotatable bonds is 3. The summed E-state index contributed by atoms with van der Waals surface area (Å²) in [6, 6.07) is 3.08. The summed E-state index contributed by atoms with van der Waals surface area (Å²) in [6.07, 6.45) is 0. The third-order valence-electron chi connectivity index (χ3n) is 2.16. The van der Waals surface area contributed by atoms with Crippen molar-refractivity contribution in [2.24, 2.45) is 5.73 Å². The predicted octanol–water partition coefficient (Wildman–Crippen LogP) is 2.66. The molecule has 0 heterocycles. The monoisotopic (exact) mass is 261 g/mol. The Morgan fingerprint density at radius 3 is 2.71 bits per heavy atom. The number of hydrogen-bond donors (Lipinski definition) is 1. The van der Waals surface area contributed by atoms with E-state index in [4.69, 9.17) is 10.5 Å². The fourth-order valence-corrected chi connectivity index (χ4v) is 1.59. The first-order valence-corrected chi connectivity index (χ1v) is 5.12. The summed E-state index contributed by atoms with van der Waals surface area (Å²) in [4.78, 5) is 0. The fraction of sp³-hybridized carbons (Fsp3) is 0.400. The second kappa shape index (κ2) is 4.75. The van der Waals surface area contributed by atoms with Gasteiger partial charge < -0.3 is 10.5 Å². The van der Waals surface area contributed by atoms with Crippen LogP contribution in [-0.2, 0) is 0 Å². The van der Waals surface area contributed by atoms with Crippen LogP contribution in [0.3, 0.4) is 0 Å². The SMILES string of the molecule is COc1cc(F)c(Br)cc1C(C)CN. The van der Waals surface area contributed by atoms with Gasteiger partial charge >= 0.3 is 0 Å². The van der Waals surface area contributed by atoms with Gasteiger partial charge in [-0.3, -0.25) is 0 Å². The molecule has 2 nitrogen and oxygen atoms in total. The topological polar surface area (TPSA) is 35.2 Å². The molecule has 0 spiro atoms. The predicted molar refractivity (Wildman–Crippen MR) is 58.1 cm³/mol. The maximum absolute atomic E-state index is 13.2. The number of hydrogen-bond acceptors (Lipinski definition) is 2. The van der Waals surface area contributed by atoms with E-state index in [-0.39, 0.29) is 11.7 Å². The molecule has 0 radical (unpaired) electrons. The molecular formula is C10H13BrFNO. The average Bonchev–Trinajstić information content (AvgIpc) is 2.20. The normalized spacial score (nSPS) is 12.6. The minimum atomic E-state index is -0.324. The van der Waals surface area contributed by atoms with Gasteiger partial charge in [0.2, 0.25) is 0 Å². The Kier molecular flexibility index (Phi) is 3.89. The maximum atomic E-state index is 13.2. The number of benzene rings is 1. The van der Waals surface area contributed by atoms with Crippen LogP contribution >= 0.6 is 15.9 Å². The first-order valence-electron chi connectivity index (χ1n) is 4.33. The van der Waals surface area contributed by atoms with Crippen LogP contribution in [0, 0.1) is 5.82 Å². The van der Waals surface area contributed by atoms with Crippen molar-refractivity contribution in [3.8, 4) is 5.75 Å². The molecule has 0 aliphatic heterocycles. The Labute approximate surface area is 91.4 Å². The fourth-order valence-electron chi connectivity index (χ4n) is 1.23. The van der Waals surface area contributed by atoms with Crippen LogP contribution in [0.2, 0.25) is 0 Å². The lowest BCUT2D eigenvalue weighted by Gasteiger charge is -2.14. The molecule has 14 heavy (non-hydrogen) atoms. The Balaban J connectivity index is 3.19. The van der Waals surface area contributed by atoms with Crippen molar-refractivity contribution in [1.29, 1.82) is 0 Å². The van der Waals surface area contributed by atoms with Crippen molar-refractivity contribution in [1.82, 2.24) is 0 Å². The summed E-state index contributed by atoms with van der Waals surface area (Å²) in [5.74, 6) is 0.375. The molecule has 0 saturated carbocycles. The molecule has 0 saturated heterocycles. The van der Waals surface area contributed by atoms with E-state index in [2.05, 4.69) is 15.9 Å². The van der Waals surface area contributed by atoms with Crippen molar-refractivity contribution in [2.75, 3.05) is 13.7 Å². The van der Waals surface area contributed by atoms with Gasteiger partial charge in [0.05, 0.1) is 11.6 Å². The number of methoxy groups -OCH3 is 1. The van der Waals surface area contributed by atoms with Crippen molar-refractivity contribution in [2.45, 2.75) is 12.8 Å². The van der Waals surface area contributed by atoms with Gasteiger partial charge in [-0.1, -0.05) is 6.92 Å². The minimum Gasteiger partial charge on any atom is -0.496 e. The van der Waals surface area contributed by atoms with Gasteiger partial charge in [-0.25, -0.2) is 4.39 Å². The lowest BCUT2D eigenvalue weighted by atomic mass is 10.0. The lowest BCUT2D eigenvalue weighted by Crippen LogP contribution is -2.10. The maximum Gasteiger partial charge on any atom is 0.141 e. The third-order valence-corrected chi connectivity index (χ3v) is 2.76. The quantitative estimate of drug-likeness (QED) is 0.908. The Hall–Kier alpha value is -0.610. The molecular weight excluding hydrogens is 249 g/mol. The van der Waals surface area contributed by atoms with Gasteiger partial charge in [-0.05, 0) is 40.0 Å². The van der Waals surface area contributed by atoms with E-state index < -0.39 is 0 Å². The van der Waals surface area contributed by atoms with Gasteiger partial charge in [0.25, 0.3) is 0 Å². The molecule has 1 aromatic carbocycles. The molecule has 0 bridgehead atoms. The zero-order valence-corrected chi connectivity index (χ0v) is 9.77. The van der Waals surface area contributed by atoms with E-state index in [0.29, 0.717) is 16.8 Å². The summed E-state index contributed by atoms with van der Waals surface area (Å²) in [5.41, 5.74) is 6.47. The largest absolute Gasteiger partial charge is 0.496 e. The minimum absolute atomic E-state index is 0.154. The first-order chi connectivity index (χ1) is 6.60. The summed E-state index contributed by atoms with van der Waals surface area (Å²) >= 11 is 3.14. The molecule has 0 aromatic heterocycles. The first kappa shape index (κ1) is 11.5. The highest BCUT2D eigenvalue weighted by atomic mass is 79.9. The standard InChI is InChI=1S/C10H13BrFNO/c1-6(5-13)7-3-8(11)9(12)4-10(7)14-2/h3-4,6H,5,13H2,1-2H3. The van der Waals surface area contributed by atoms with Crippen LogP contribution in [-0.4, -0.2) is 13.7 Å². The van der Waals surface area contributed by atoms with Crippen LogP contribution in [0.4, 0.5) is 4.39 Å². The average molecular weight is 262 g/mol. The van der Waals surface area contributed by atoms with E-state index in [9.17, 15) is 4.39 Å². The number of nitrogens with two attached hydrogens (primary N) is 1. The van der Waals surface area contributed by atoms with Crippen LogP contribution < -0.4 is 10.5 Å². The van der Waals surface area contributed by atoms with E-state index in [0.717, 1.165) is 5.56 Å². The van der Waals surface area contributed by atoms with Crippen molar-refractivity contribution < 1.29 is 9.13 Å². The highest BCUT2D eigenvalue weighted by Gasteiger charge is 2.13. The highest BCUT2D eigenvalue weighted by Crippen LogP contribution is 2.31. The van der Waals surface area contributed by atoms with E-state index >= 15 is 0 Å². The van der Waals surface area contributed by atoms with Crippen LogP contribution in [0.1, 0.15) is 18.4 Å². The molecule has 0 amide bonds.